The van der Waals surface area contributed by atoms with Crippen LogP contribution in [0.25, 0.3) is 11.1 Å². The summed E-state index contributed by atoms with van der Waals surface area (Å²) < 4.78 is 11.1. The molecule has 0 spiro atoms. The van der Waals surface area contributed by atoms with E-state index >= 15 is 0 Å². The Morgan fingerprint density at radius 1 is 0.545 bits per heavy atom. The highest BCUT2D eigenvalue weighted by molar-refractivity contribution is 5.66. The molecule has 0 unspecified atom stereocenters. The fourth-order valence-electron chi connectivity index (χ4n) is 3.65. The molecule has 174 valence electrons. The second-order valence-corrected chi connectivity index (χ2v) is 8.29. The Hall–Kier alpha value is -3.14. The van der Waals surface area contributed by atoms with Crippen molar-refractivity contribution in [3.8, 4) is 22.6 Å². The van der Waals surface area contributed by atoms with Crippen LogP contribution in [0.4, 0.5) is 11.4 Å². The van der Waals surface area contributed by atoms with Gasteiger partial charge in [-0.15, -0.1) is 0 Å². The average molecular weight is 445 g/mol. The van der Waals surface area contributed by atoms with Crippen LogP contribution < -0.4 is 9.47 Å². The van der Waals surface area contributed by atoms with Gasteiger partial charge in [-0.2, -0.15) is 10.2 Å². The molecule has 0 saturated carbocycles. The molecular formula is C29H36N2O2. The largest absolute Gasteiger partial charge is 0.497 e. The van der Waals surface area contributed by atoms with E-state index in [1.165, 1.54) is 44.9 Å². The minimum Gasteiger partial charge on any atom is -0.497 e. The molecule has 0 aliphatic heterocycles. The second-order valence-electron chi connectivity index (χ2n) is 8.29. The monoisotopic (exact) mass is 444 g/mol. The summed E-state index contributed by atoms with van der Waals surface area (Å²) in [7, 11) is 1.67. The molecule has 0 aliphatic rings. The Balaban J connectivity index is 1.39. The summed E-state index contributed by atoms with van der Waals surface area (Å²) in [6.07, 6.45) is 10.5. The Bertz CT molecular complexity index is 948. The maximum Gasteiger partial charge on any atom is 0.119 e. The van der Waals surface area contributed by atoms with Crippen LogP contribution in [0.15, 0.2) is 83.0 Å². The Morgan fingerprint density at radius 3 is 1.55 bits per heavy atom. The van der Waals surface area contributed by atoms with E-state index in [0.29, 0.717) is 0 Å². The lowest BCUT2D eigenvalue weighted by Gasteiger charge is -2.06. The van der Waals surface area contributed by atoms with Crippen molar-refractivity contribution in [2.75, 3.05) is 13.7 Å². The molecule has 0 aliphatic carbocycles. The predicted octanol–water partition coefficient (Wildman–Crippen LogP) is 9.30. The van der Waals surface area contributed by atoms with Crippen molar-refractivity contribution in [1.82, 2.24) is 0 Å². The van der Waals surface area contributed by atoms with E-state index < -0.39 is 0 Å². The highest BCUT2D eigenvalue weighted by Gasteiger charge is 2.00. The zero-order valence-electron chi connectivity index (χ0n) is 20.0. The van der Waals surface area contributed by atoms with Crippen molar-refractivity contribution >= 4 is 11.4 Å². The van der Waals surface area contributed by atoms with E-state index in [4.69, 9.17) is 9.47 Å². The van der Waals surface area contributed by atoms with Gasteiger partial charge in [0.25, 0.3) is 0 Å². The third-order valence-electron chi connectivity index (χ3n) is 5.67. The molecule has 4 nitrogen and oxygen atoms in total. The number of methoxy groups -OCH3 is 1. The molecule has 0 amide bonds. The van der Waals surface area contributed by atoms with E-state index in [1.807, 2.05) is 60.7 Å². The van der Waals surface area contributed by atoms with Gasteiger partial charge in [0.2, 0.25) is 0 Å². The van der Waals surface area contributed by atoms with Gasteiger partial charge in [-0.1, -0.05) is 76.1 Å². The fraction of sp³-hybridized carbons (Fsp3) is 0.379. The zero-order valence-corrected chi connectivity index (χ0v) is 20.0. The predicted molar refractivity (Wildman–Crippen MR) is 137 cm³/mol. The van der Waals surface area contributed by atoms with Gasteiger partial charge in [0.15, 0.2) is 0 Å². The maximum absolute atomic E-state index is 5.86. The number of hydrogen-bond acceptors (Lipinski definition) is 4. The summed E-state index contributed by atoms with van der Waals surface area (Å²) in [6.45, 7) is 3.03. The van der Waals surface area contributed by atoms with Crippen molar-refractivity contribution in [2.24, 2.45) is 10.2 Å². The third-order valence-corrected chi connectivity index (χ3v) is 5.67. The topological polar surface area (TPSA) is 43.2 Å². The minimum absolute atomic E-state index is 0.774. The first kappa shape index (κ1) is 24.5. The van der Waals surface area contributed by atoms with Crippen LogP contribution in [0, 0.1) is 0 Å². The summed E-state index contributed by atoms with van der Waals surface area (Å²) in [5.74, 6) is 1.74. The van der Waals surface area contributed by atoms with Gasteiger partial charge in [0, 0.05) is 0 Å². The third kappa shape index (κ3) is 8.72. The van der Waals surface area contributed by atoms with Crippen molar-refractivity contribution in [2.45, 2.75) is 58.3 Å². The molecule has 0 atom stereocenters. The van der Waals surface area contributed by atoms with E-state index in [1.54, 1.807) is 7.11 Å². The molecule has 0 aromatic heterocycles. The molecule has 0 heterocycles. The van der Waals surface area contributed by atoms with Crippen LogP contribution in [0.1, 0.15) is 58.3 Å². The van der Waals surface area contributed by atoms with E-state index in [2.05, 4.69) is 29.3 Å². The van der Waals surface area contributed by atoms with Crippen LogP contribution in [-0.2, 0) is 0 Å². The summed E-state index contributed by atoms with van der Waals surface area (Å²) in [5, 5.41) is 8.70. The number of hydrogen-bond donors (Lipinski definition) is 0. The molecule has 3 rings (SSSR count). The smallest absolute Gasteiger partial charge is 0.119 e. The SMILES string of the molecule is CCCCCCCCCCOc1ccc(/N=N/c2ccc(-c3ccc(OC)cc3)cc2)cc1. The van der Waals surface area contributed by atoms with Crippen molar-refractivity contribution in [3.63, 3.8) is 0 Å². The van der Waals surface area contributed by atoms with Crippen LogP contribution in [0.5, 0.6) is 11.5 Å². The number of ether oxygens (including phenoxy) is 2. The minimum atomic E-state index is 0.774. The lowest BCUT2D eigenvalue weighted by Crippen LogP contribution is -1.96. The quantitative estimate of drug-likeness (QED) is 0.184. The van der Waals surface area contributed by atoms with Gasteiger partial charge in [-0.05, 0) is 66.1 Å². The van der Waals surface area contributed by atoms with Gasteiger partial charge in [0.05, 0.1) is 25.1 Å². The van der Waals surface area contributed by atoms with Crippen LogP contribution in [-0.4, -0.2) is 13.7 Å². The second kappa shape index (κ2) is 14.1. The average Bonchev–Trinajstić information content (AvgIpc) is 2.87. The van der Waals surface area contributed by atoms with Crippen molar-refractivity contribution < 1.29 is 9.47 Å². The summed E-state index contributed by atoms with van der Waals surface area (Å²) in [6, 6.07) is 23.9. The first-order chi connectivity index (χ1) is 16.3. The number of rotatable bonds is 14. The lowest BCUT2D eigenvalue weighted by atomic mass is 10.1. The Labute approximate surface area is 198 Å². The molecule has 0 N–H and O–H groups in total. The molecule has 0 bridgehead atoms. The fourth-order valence-corrected chi connectivity index (χ4v) is 3.65. The molecular weight excluding hydrogens is 408 g/mol. The molecule has 3 aromatic rings. The standard InChI is InChI=1S/C29H36N2O2/c1-3-4-5-6-7-8-9-10-23-33-29-21-17-27(18-22-29)31-30-26-15-11-24(12-16-26)25-13-19-28(32-2)20-14-25/h11-22H,3-10,23H2,1-2H3/b31-30+. The summed E-state index contributed by atoms with van der Waals surface area (Å²) in [4.78, 5) is 0. The first-order valence-electron chi connectivity index (χ1n) is 12.2. The van der Waals surface area contributed by atoms with Gasteiger partial charge < -0.3 is 9.47 Å². The molecule has 3 aromatic carbocycles. The lowest BCUT2D eigenvalue weighted by molar-refractivity contribution is 0.304. The van der Waals surface area contributed by atoms with E-state index in [9.17, 15) is 0 Å². The summed E-state index contributed by atoms with van der Waals surface area (Å²) in [5.41, 5.74) is 3.91. The number of unbranched alkanes of at least 4 members (excludes halogenated alkanes) is 7. The highest BCUT2D eigenvalue weighted by Crippen LogP contribution is 2.26. The molecule has 0 radical (unpaired) electrons. The highest BCUT2D eigenvalue weighted by atomic mass is 16.5. The van der Waals surface area contributed by atoms with E-state index in [0.717, 1.165) is 47.0 Å². The van der Waals surface area contributed by atoms with E-state index in [-0.39, 0.29) is 0 Å². The number of benzene rings is 3. The normalized spacial score (nSPS) is 11.1. The van der Waals surface area contributed by atoms with Gasteiger partial charge in [-0.3, -0.25) is 0 Å². The molecule has 4 heteroatoms. The van der Waals surface area contributed by atoms with Crippen molar-refractivity contribution in [1.29, 1.82) is 0 Å². The van der Waals surface area contributed by atoms with Crippen LogP contribution in [0.2, 0.25) is 0 Å². The molecule has 0 saturated heterocycles. The maximum atomic E-state index is 5.86. The first-order valence-corrected chi connectivity index (χ1v) is 12.2. The van der Waals surface area contributed by atoms with Gasteiger partial charge >= 0.3 is 0 Å². The molecule has 0 fully saturated rings. The number of azo groups is 1. The zero-order chi connectivity index (χ0) is 23.1. The Morgan fingerprint density at radius 2 is 1.00 bits per heavy atom. The van der Waals surface area contributed by atoms with Crippen molar-refractivity contribution in [3.05, 3.63) is 72.8 Å². The van der Waals surface area contributed by atoms with Crippen LogP contribution in [0.3, 0.4) is 0 Å². The van der Waals surface area contributed by atoms with Crippen LogP contribution >= 0.6 is 0 Å². The van der Waals surface area contributed by atoms with Gasteiger partial charge in [-0.25, -0.2) is 0 Å². The number of nitrogens with zero attached hydrogens (tertiary/aromatic N) is 2. The van der Waals surface area contributed by atoms with Gasteiger partial charge in [0.1, 0.15) is 11.5 Å². The summed E-state index contributed by atoms with van der Waals surface area (Å²) >= 11 is 0. The molecule has 33 heavy (non-hydrogen) atoms. The Kier molecular flexibility index (Phi) is 10.5.